The van der Waals surface area contributed by atoms with E-state index in [0.29, 0.717) is 5.56 Å². The molecule has 6 heteroatoms. The molecule has 1 atom stereocenters. The molecule has 0 bridgehead atoms. The molecule has 0 aromatic carbocycles. The summed E-state index contributed by atoms with van der Waals surface area (Å²) in [7, 11) is 0. The highest BCUT2D eigenvalue weighted by Gasteiger charge is 2.23. The second-order valence-electron chi connectivity index (χ2n) is 6.09. The van der Waals surface area contributed by atoms with Crippen molar-refractivity contribution in [3.8, 4) is 0 Å². The van der Waals surface area contributed by atoms with Crippen molar-refractivity contribution in [1.29, 1.82) is 0 Å². The van der Waals surface area contributed by atoms with E-state index in [0.717, 1.165) is 49.5 Å². The molecule has 2 aromatic heterocycles. The number of piperidine rings is 1. The lowest BCUT2D eigenvalue weighted by Gasteiger charge is -2.33. The Hall–Kier alpha value is -2.21. The molecule has 1 aliphatic rings. The molecule has 0 aliphatic carbocycles. The molecule has 122 valence electrons. The zero-order valence-electron chi connectivity index (χ0n) is 13.6. The van der Waals surface area contributed by atoms with Crippen molar-refractivity contribution in [3.05, 3.63) is 47.1 Å². The molecule has 1 unspecified atom stereocenters. The van der Waals surface area contributed by atoms with E-state index in [-0.39, 0.29) is 11.9 Å². The topological polar surface area (TPSA) is 71.3 Å². The van der Waals surface area contributed by atoms with Gasteiger partial charge in [-0.05, 0) is 45.4 Å². The van der Waals surface area contributed by atoms with Crippen molar-refractivity contribution < 1.29 is 9.32 Å². The van der Waals surface area contributed by atoms with Gasteiger partial charge in [-0.2, -0.15) is 0 Å². The second kappa shape index (κ2) is 6.91. The highest BCUT2D eigenvalue weighted by molar-refractivity contribution is 5.94. The SMILES string of the molecule is Cc1noc(C)c1CN1CCCC(NC(=O)c2cccnc2)C1. The van der Waals surface area contributed by atoms with Crippen molar-refractivity contribution in [3.63, 3.8) is 0 Å². The van der Waals surface area contributed by atoms with Gasteiger partial charge in [-0.15, -0.1) is 0 Å². The van der Waals surface area contributed by atoms with Gasteiger partial charge in [0, 0.05) is 37.1 Å². The van der Waals surface area contributed by atoms with Crippen LogP contribution in [0.5, 0.6) is 0 Å². The van der Waals surface area contributed by atoms with E-state index in [9.17, 15) is 4.79 Å². The standard InChI is InChI=1S/C17H22N4O2/c1-12-16(13(2)23-20-12)11-21-8-4-6-15(10-21)19-17(22)14-5-3-7-18-9-14/h3,5,7,9,15H,4,6,8,10-11H2,1-2H3,(H,19,22). The molecule has 23 heavy (non-hydrogen) atoms. The molecule has 1 amide bonds. The van der Waals surface area contributed by atoms with Crippen molar-refractivity contribution >= 4 is 5.91 Å². The summed E-state index contributed by atoms with van der Waals surface area (Å²) in [5.41, 5.74) is 2.71. The minimum absolute atomic E-state index is 0.0534. The lowest BCUT2D eigenvalue weighted by Crippen LogP contribution is -2.47. The van der Waals surface area contributed by atoms with Crippen molar-refractivity contribution in [2.24, 2.45) is 0 Å². The Labute approximate surface area is 135 Å². The van der Waals surface area contributed by atoms with Crippen molar-refractivity contribution in [2.75, 3.05) is 13.1 Å². The molecule has 0 saturated carbocycles. The predicted octanol–water partition coefficient (Wildman–Crippen LogP) is 2.08. The zero-order chi connectivity index (χ0) is 16.2. The van der Waals surface area contributed by atoms with Crippen LogP contribution in [0.4, 0.5) is 0 Å². The van der Waals surface area contributed by atoms with E-state index < -0.39 is 0 Å². The molecule has 6 nitrogen and oxygen atoms in total. The Morgan fingerprint density at radius 2 is 2.35 bits per heavy atom. The number of nitrogens with one attached hydrogen (secondary N) is 1. The molecule has 1 fully saturated rings. The molecular formula is C17H22N4O2. The second-order valence-corrected chi connectivity index (χ2v) is 6.09. The van der Waals surface area contributed by atoms with Crippen molar-refractivity contribution in [2.45, 2.75) is 39.3 Å². The van der Waals surface area contributed by atoms with Gasteiger partial charge in [-0.25, -0.2) is 0 Å². The number of aryl methyl sites for hydroxylation is 2. The summed E-state index contributed by atoms with van der Waals surface area (Å²) in [6, 6.07) is 3.73. The van der Waals surface area contributed by atoms with Gasteiger partial charge >= 0.3 is 0 Å². The number of hydrogen-bond donors (Lipinski definition) is 1. The Kier molecular flexibility index (Phi) is 4.71. The molecule has 0 spiro atoms. The van der Waals surface area contributed by atoms with Crippen LogP contribution >= 0.6 is 0 Å². The number of likely N-dealkylation sites (tertiary alicyclic amines) is 1. The van der Waals surface area contributed by atoms with Crippen LogP contribution in [0.1, 0.15) is 40.2 Å². The number of rotatable bonds is 4. The van der Waals surface area contributed by atoms with Crippen LogP contribution in [-0.4, -0.2) is 40.1 Å². The molecule has 0 radical (unpaired) electrons. The third-order valence-electron chi connectivity index (χ3n) is 4.33. The van der Waals surface area contributed by atoms with Crippen LogP contribution in [-0.2, 0) is 6.54 Å². The number of nitrogens with zero attached hydrogens (tertiary/aromatic N) is 3. The molecule has 1 aliphatic heterocycles. The molecule has 1 saturated heterocycles. The third-order valence-corrected chi connectivity index (χ3v) is 4.33. The summed E-state index contributed by atoms with van der Waals surface area (Å²) in [6.45, 7) is 6.61. The number of pyridine rings is 1. The summed E-state index contributed by atoms with van der Waals surface area (Å²) < 4.78 is 5.23. The smallest absolute Gasteiger partial charge is 0.253 e. The van der Waals surface area contributed by atoms with Gasteiger partial charge in [-0.1, -0.05) is 5.16 Å². The lowest BCUT2D eigenvalue weighted by atomic mass is 10.0. The average molecular weight is 314 g/mol. The number of carbonyl (C=O) groups excluding carboxylic acids is 1. The van der Waals surface area contributed by atoms with Crippen molar-refractivity contribution in [1.82, 2.24) is 20.4 Å². The summed E-state index contributed by atoms with van der Waals surface area (Å²) in [6.07, 6.45) is 5.34. The molecule has 3 rings (SSSR count). The van der Waals surface area contributed by atoms with E-state index in [1.165, 1.54) is 0 Å². The first-order chi connectivity index (χ1) is 11.1. The first-order valence-corrected chi connectivity index (χ1v) is 7.98. The third kappa shape index (κ3) is 3.76. The first-order valence-electron chi connectivity index (χ1n) is 7.98. The van der Waals surface area contributed by atoms with E-state index in [1.54, 1.807) is 24.5 Å². The van der Waals surface area contributed by atoms with E-state index >= 15 is 0 Å². The lowest BCUT2D eigenvalue weighted by molar-refractivity contribution is 0.0900. The number of hydrogen-bond acceptors (Lipinski definition) is 5. The average Bonchev–Trinajstić information content (AvgIpc) is 2.88. The molecule has 2 aromatic rings. The highest BCUT2D eigenvalue weighted by atomic mass is 16.5. The van der Waals surface area contributed by atoms with Crippen LogP contribution in [0.15, 0.2) is 29.0 Å². The van der Waals surface area contributed by atoms with Gasteiger partial charge in [0.2, 0.25) is 0 Å². The summed E-state index contributed by atoms with van der Waals surface area (Å²) in [4.78, 5) is 18.6. The van der Waals surface area contributed by atoms with Gasteiger partial charge < -0.3 is 9.84 Å². The van der Waals surface area contributed by atoms with Crippen LogP contribution in [0.2, 0.25) is 0 Å². The fourth-order valence-electron chi connectivity index (χ4n) is 3.03. The van der Waals surface area contributed by atoms with E-state index in [2.05, 4.69) is 20.4 Å². The monoisotopic (exact) mass is 314 g/mol. The normalized spacial score (nSPS) is 18.8. The quantitative estimate of drug-likeness (QED) is 0.935. The van der Waals surface area contributed by atoms with Gasteiger partial charge in [-0.3, -0.25) is 14.7 Å². The number of aromatic nitrogens is 2. The highest BCUT2D eigenvalue weighted by Crippen LogP contribution is 2.18. The maximum absolute atomic E-state index is 12.3. The number of amides is 1. The first kappa shape index (κ1) is 15.7. The Bertz CT molecular complexity index is 649. The van der Waals surface area contributed by atoms with E-state index in [4.69, 9.17) is 4.52 Å². The summed E-state index contributed by atoms with van der Waals surface area (Å²) in [5.74, 6) is 0.825. The molecule has 1 N–H and O–H groups in total. The van der Waals surface area contributed by atoms with E-state index in [1.807, 2.05) is 13.8 Å². The summed E-state index contributed by atoms with van der Waals surface area (Å²) >= 11 is 0. The van der Waals surface area contributed by atoms with Gasteiger partial charge in [0.05, 0.1) is 11.3 Å². The fourth-order valence-corrected chi connectivity index (χ4v) is 3.03. The minimum atomic E-state index is -0.0534. The maximum Gasteiger partial charge on any atom is 0.253 e. The Morgan fingerprint density at radius 1 is 1.48 bits per heavy atom. The van der Waals surface area contributed by atoms with Crippen LogP contribution in [0.25, 0.3) is 0 Å². The predicted molar refractivity (Wildman–Crippen MR) is 86.0 cm³/mol. The van der Waals surface area contributed by atoms with Crippen LogP contribution in [0, 0.1) is 13.8 Å². The molecule has 3 heterocycles. The van der Waals surface area contributed by atoms with Gasteiger partial charge in [0.1, 0.15) is 5.76 Å². The summed E-state index contributed by atoms with van der Waals surface area (Å²) in [5, 5.41) is 7.12. The minimum Gasteiger partial charge on any atom is -0.361 e. The van der Waals surface area contributed by atoms with Gasteiger partial charge in [0.25, 0.3) is 5.91 Å². The Balaban J connectivity index is 1.59. The van der Waals surface area contributed by atoms with Crippen LogP contribution < -0.4 is 5.32 Å². The number of carbonyl (C=O) groups is 1. The Morgan fingerprint density at radius 3 is 3.04 bits per heavy atom. The van der Waals surface area contributed by atoms with Crippen LogP contribution in [0.3, 0.4) is 0 Å². The zero-order valence-corrected chi connectivity index (χ0v) is 13.6. The fraction of sp³-hybridized carbons (Fsp3) is 0.471. The largest absolute Gasteiger partial charge is 0.361 e. The van der Waals surface area contributed by atoms with Gasteiger partial charge in [0.15, 0.2) is 0 Å². The maximum atomic E-state index is 12.3. The molecular weight excluding hydrogens is 292 g/mol.